The third-order valence-electron chi connectivity index (χ3n) is 3.02. The van der Waals surface area contributed by atoms with Crippen LogP contribution in [0.15, 0.2) is 54.6 Å². The summed E-state index contributed by atoms with van der Waals surface area (Å²) >= 11 is 4.98. The second-order valence-electron chi connectivity index (χ2n) is 4.57. The van der Waals surface area contributed by atoms with Crippen LogP contribution in [0, 0.1) is 0 Å². The van der Waals surface area contributed by atoms with Gasteiger partial charge < -0.3 is 5.73 Å². The lowest BCUT2D eigenvalue weighted by Gasteiger charge is -2.02. The first-order chi connectivity index (χ1) is 10.2. The minimum absolute atomic E-state index is 0.383. The lowest BCUT2D eigenvalue weighted by Crippen LogP contribution is -2.10. The first-order valence-corrected chi connectivity index (χ1v) is 6.85. The molecule has 0 saturated heterocycles. The number of hydrogen-bond acceptors (Lipinski definition) is 4. The highest BCUT2D eigenvalue weighted by atomic mass is 32.1. The summed E-state index contributed by atoms with van der Waals surface area (Å²) in [7, 11) is 0. The summed E-state index contributed by atoms with van der Waals surface area (Å²) in [6.07, 6.45) is 0. The first-order valence-electron chi connectivity index (χ1n) is 6.44. The topological polar surface area (TPSA) is 69.6 Å². The molecule has 0 spiro atoms. The van der Waals surface area contributed by atoms with Crippen molar-refractivity contribution in [3.63, 3.8) is 0 Å². The number of nitrogens with two attached hydrogens (primary N) is 1. The molecule has 3 rings (SSSR count). The molecule has 6 heteroatoms. The molecule has 5 nitrogen and oxygen atoms in total. The quantitative estimate of drug-likeness (QED) is 0.746. The molecule has 0 amide bonds. The van der Waals surface area contributed by atoms with Gasteiger partial charge in [0.2, 0.25) is 5.82 Å². The summed E-state index contributed by atoms with van der Waals surface area (Å²) < 4.78 is 0. The maximum atomic E-state index is 5.64. The van der Waals surface area contributed by atoms with Gasteiger partial charge in [-0.25, -0.2) is 0 Å². The fourth-order valence-electron chi connectivity index (χ4n) is 2.00. The number of tetrazole rings is 1. The molecule has 0 atom stereocenters. The van der Waals surface area contributed by atoms with Crippen LogP contribution in [0.5, 0.6) is 0 Å². The maximum Gasteiger partial charge on any atom is 0.204 e. The number of thiocarbonyl (C=S) groups is 1. The number of hydrogen-bond donors (Lipinski definition) is 1. The van der Waals surface area contributed by atoms with Crippen molar-refractivity contribution in [2.24, 2.45) is 5.73 Å². The molecule has 0 aliphatic carbocycles. The SMILES string of the molecule is NC(=S)c1cccc(Cn2nnc(-c3ccccc3)n2)c1. The van der Waals surface area contributed by atoms with E-state index in [1.807, 2.05) is 54.6 Å². The lowest BCUT2D eigenvalue weighted by molar-refractivity contribution is 0.573. The van der Waals surface area contributed by atoms with Crippen LogP contribution in [-0.2, 0) is 6.54 Å². The Morgan fingerprint density at radius 1 is 1.10 bits per heavy atom. The zero-order valence-electron chi connectivity index (χ0n) is 11.2. The van der Waals surface area contributed by atoms with E-state index < -0.39 is 0 Å². The molecule has 1 aromatic heterocycles. The standard InChI is InChI=1S/C15H13N5S/c16-14(21)13-8-4-5-11(9-13)10-20-18-15(17-19-20)12-6-2-1-3-7-12/h1-9H,10H2,(H2,16,21). The molecule has 0 saturated carbocycles. The Balaban J connectivity index is 1.82. The van der Waals surface area contributed by atoms with E-state index >= 15 is 0 Å². The number of rotatable bonds is 4. The monoisotopic (exact) mass is 295 g/mol. The number of benzene rings is 2. The predicted molar refractivity (Wildman–Crippen MR) is 84.7 cm³/mol. The van der Waals surface area contributed by atoms with E-state index in [1.165, 1.54) is 0 Å². The van der Waals surface area contributed by atoms with Crippen LogP contribution in [0.4, 0.5) is 0 Å². The molecule has 2 aromatic carbocycles. The third kappa shape index (κ3) is 3.11. The summed E-state index contributed by atoms with van der Waals surface area (Å²) in [5.74, 6) is 0.612. The molecule has 0 bridgehead atoms. The summed E-state index contributed by atoms with van der Waals surface area (Å²) in [4.78, 5) is 1.94. The lowest BCUT2D eigenvalue weighted by atomic mass is 10.1. The molecule has 21 heavy (non-hydrogen) atoms. The van der Waals surface area contributed by atoms with E-state index in [-0.39, 0.29) is 0 Å². The molecule has 0 radical (unpaired) electrons. The van der Waals surface area contributed by atoms with Gasteiger partial charge >= 0.3 is 0 Å². The molecule has 104 valence electrons. The molecule has 3 aromatic rings. The van der Waals surface area contributed by atoms with Crippen LogP contribution in [0.2, 0.25) is 0 Å². The van der Waals surface area contributed by atoms with Crippen molar-refractivity contribution in [3.8, 4) is 11.4 Å². The van der Waals surface area contributed by atoms with Crippen molar-refractivity contribution in [2.75, 3.05) is 0 Å². The van der Waals surface area contributed by atoms with E-state index in [9.17, 15) is 0 Å². The third-order valence-corrected chi connectivity index (χ3v) is 3.26. The van der Waals surface area contributed by atoms with Gasteiger partial charge in [-0.3, -0.25) is 0 Å². The van der Waals surface area contributed by atoms with Crippen molar-refractivity contribution in [1.82, 2.24) is 20.2 Å². The van der Waals surface area contributed by atoms with E-state index in [0.29, 0.717) is 17.4 Å². The average Bonchev–Trinajstić information content (AvgIpc) is 2.97. The Bertz CT molecular complexity index is 766. The molecule has 0 fully saturated rings. The normalized spacial score (nSPS) is 10.5. The predicted octanol–water partition coefficient (Wildman–Crippen LogP) is 2.02. The van der Waals surface area contributed by atoms with Crippen molar-refractivity contribution in [2.45, 2.75) is 6.54 Å². The molecule has 2 N–H and O–H groups in total. The van der Waals surface area contributed by atoms with Gasteiger partial charge in [0.15, 0.2) is 0 Å². The largest absolute Gasteiger partial charge is 0.389 e. The van der Waals surface area contributed by atoms with Crippen molar-refractivity contribution in [3.05, 3.63) is 65.7 Å². The number of aromatic nitrogens is 4. The van der Waals surface area contributed by atoms with Crippen molar-refractivity contribution < 1.29 is 0 Å². The molecule has 1 heterocycles. The van der Waals surface area contributed by atoms with Crippen LogP contribution in [0.25, 0.3) is 11.4 Å². The van der Waals surface area contributed by atoms with E-state index in [1.54, 1.807) is 4.80 Å². The highest BCUT2D eigenvalue weighted by molar-refractivity contribution is 7.80. The van der Waals surface area contributed by atoms with Crippen LogP contribution in [0.1, 0.15) is 11.1 Å². The highest BCUT2D eigenvalue weighted by Gasteiger charge is 2.06. The fraction of sp³-hybridized carbons (Fsp3) is 0.0667. The van der Waals surface area contributed by atoms with E-state index in [4.69, 9.17) is 18.0 Å². The summed E-state index contributed by atoms with van der Waals surface area (Å²) in [5.41, 5.74) is 8.45. The van der Waals surface area contributed by atoms with Gasteiger partial charge in [-0.1, -0.05) is 60.7 Å². The summed E-state index contributed by atoms with van der Waals surface area (Å²) in [6.45, 7) is 0.524. The van der Waals surface area contributed by atoms with Gasteiger partial charge in [-0.15, -0.1) is 10.2 Å². The Morgan fingerprint density at radius 3 is 2.67 bits per heavy atom. The van der Waals surface area contributed by atoms with Gasteiger partial charge in [0, 0.05) is 11.1 Å². The second-order valence-corrected chi connectivity index (χ2v) is 5.01. The average molecular weight is 295 g/mol. The molecular formula is C15H13N5S. The van der Waals surface area contributed by atoms with Gasteiger partial charge in [0.25, 0.3) is 0 Å². The van der Waals surface area contributed by atoms with Crippen LogP contribution >= 0.6 is 12.2 Å². The van der Waals surface area contributed by atoms with Gasteiger partial charge in [0.05, 0.1) is 6.54 Å². The van der Waals surface area contributed by atoms with Crippen molar-refractivity contribution >= 4 is 17.2 Å². The van der Waals surface area contributed by atoms with E-state index in [2.05, 4.69) is 15.4 Å². The molecule has 0 aliphatic heterocycles. The molecular weight excluding hydrogens is 282 g/mol. The van der Waals surface area contributed by atoms with Gasteiger partial charge in [0.1, 0.15) is 4.99 Å². The summed E-state index contributed by atoms with van der Waals surface area (Å²) in [5, 5.41) is 12.5. The van der Waals surface area contributed by atoms with Crippen LogP contribution in [-0.4, -0.2) is 25.2 Å². The Labute approximate surface area is 127 Å². The number of nitrogens with zero attached hydrogens (tertiary/aromatic N) is 4. The molecule has 0 aliphatic rings. The van der Waals surface area contributed by atoms with E-state index in [0.717, 1.165) is 16.7 Å². The Morgan fingerprint density at radius 2 is 1.90 bits per heavy atom. The van der Waals surface area contributed by atoms with Gasteiger partial charge in [-0.2, -0.15) is 4.80 Å². The minimum atomic E-state index is 0.383. The Kier molecular flexibility index (Phi) is 3.70. The van der Waals surface area contributed by atoms with Crippen LogP contribution < -0.4 is 5.73 Å². The molecule has 0 unspecified atom stereocenters. The fourth-order valence-corrected chi connectivity index (χ4v) is 2.13. The van der Waals surface area contributed by atoms with Crippen molar-refractivity contribution in [1.29, 1.82) is 0 Å². The first kappa shape index (κ1) is 13.4. The van der Waals surface area contributed by atoms with Gasteiger partial charge in [-0.05, 0) is 16.8 Å². The zero-order valence-corrected chi connectivity index (χ0v) is 12.0. The smallest absolute Gasteiger partial charge is 0.204 e. The highest BCUT2D eigenvalue weighted by Crippen LogP contribution is 2.12. The minimum Gasteiger partial charge on any atom is -0.389 e. The van der Waals surface area contributed by atoms with Crippen LogP contribution in [0.3, 0.4) is 0 Å². The summed E-state index contributed by atoms with van der Waals surface area (Å²) in [6, 6.07) is 17.5. The zero-order chi connectivity index (χ0) is 14.7. The maximum absolute atomic E-state index is 5.64. The Hall–Kier alpha value is -2.60. The second kappa shape index (κ2) is 5.80.